The highest BCUT2D eigenvalue weighted by Gasteiger charge is 2.20. The van der Waals surface area contributed by atoms with E-state index in [0.717, 1.165) is 10.4 Å². The lowest BCUT2D eigenvalue weighted by atomic mass is 10.0. The highest BCUT2D eigenvalue weighted by molar-refractivity contribution is 7.10. The fourth-order valence-electron chi connectivity index (χ4n) is 2.09. The molecule has 3 nitrogen and oxygen atoms in total. The fraction of sp³-hybridized carbons (Fsp3) is 0.312. The predicted molar refractivity (Wildman–Crippen MR) is 83.6 cm³/mol. The quantitative estimate of drug-likeness (QED) is 0.858. The number of benzene rings is 1. The Bertz CT molecular complexity index is 525. The van der Waals surface area contributed by atoms with Gasteiger partial charge in [0.2, 0.25) is 5.91 Å². The smallest absolute Gasteiger partial charge is 0.223 e. The van der Waals surface area contributed by atoms with Gasteiger partial charge in [0.05, 0.1) is 6.04 Å². The van der Waals surface area contributed by atoms with Crippen LogP contribution in [-0.4, -0.2) is 12.5 Å². The van der Waals surface area contributed by atoms with Crippen LogP contribution in [0.1, 0.15) is 29.8 Å². The topological polar surface area (TPSA) is 55.1 Å². The molecule has 106 valence electrons. The SMILES string of the molecule is CC(CCN)C(=O)NC(c1ccccc1)c1cccs1. The summed E-state index contributed by atoms with van der Waals surface area (Å²) in [5, 5.41) is 5.16. The molecule has 2 atom stereocenters. The summed E-state index contributed by atoms with van der Waals surface area (Å²) in [4.78, 5) is 13.4. The van der Waals surface area contributed by atoms with Crippen LogP contribution in [0.3, 0.4) is 0 Å². The largest absolute Gasteiger partial charge is 0.344 e. The molecule has 2 unspecified atom stereocenters. The maximum atomic E-state index is 12.2. The molecule has 0 aliphatic rings. The Morgan fingerprint density at radius 3 is 2.60 bits per heavy atom. The van der Waals surface area contributed by atoms with E-state index in [9.17, 15) is 4.79 Å². The minimum absolute atomic E-state index is 0.0534. The Hall–Kier alpha value is -1.65. The molecule has 1 amide bonds. The molecule has 0 fully saturated rings. The first kappa shape index (κ1) is 14.8. The molecule has 4 heteroatoms. The number of amides is 1. The monoisotopic (exact) mass is 288 g/mol. The summed E-state index contributed by atoms with van der Waals surface area (Å²) >= 11 is 1.65. The van der Waals surface area contributed by atoms with Crippen LogP contribution in [0, 0.1) is 5.92 Å². The first-order valence-corrected chi connectivity index (χ1v) is 7.69. The second-order valence-corrected chi connectivity index (χ2v) is 5.83. The van der Waals surface area contributed by atoms with Crippen molar-refractivity contribution in [2.24, 2.45) is 11.7 Å². The summed E-state index contributed by atoms with van der Waals surface area (Å²) in [6.07, 6.45) is 0.706. The molecule has 2 rings (SSSR count). The van der Waals surface area contributed by atoms with Crippen molar-refractivity contribution in [2.75, 3.05) is 6.54 Å². The third-order valence-corrected chi connectivity index (χ3v) is 4.23. The van der Waals surface area contributed by atoms with Gasteiger partial charge in [0, 0.05) is 10.8 Å². The van der Waals surface area contributed by atoms with Gasteiger partial charge < -0.3 is 11.1 Å². The molecular formula is C16H20N2OS. The van der Waals surface area contributed by atoms with E-state index in [-0.39, 0.29) is 17.9 Å². The van der Waals surface area contributed by atoms with E-state index in [1.807, 2.05) is 48.7 Å². The normalized spacial score (nSPS) is 13.7. The van der Waals surface area contributed by atoms with Gasteiger partial charge in [0.15, 0.2) is 0 Å². The minimum Gasteiger partial charge on any atom is -0.344 e. The van der Waals surface area contributed by atoms with Crippen LogP contribution in [-0.2, 0) is 4.79 Å². The first-order valence-electron chi connectivity index (χ1n) is 6.81. The van der Waals surface area contributed by atoms with Gasteiger partial charge in [-0.05, 0) is 30.0 Å². The maximum Gasteiger partial charge on any atom is 0.223 e. The zero-order valence-electron chi connectivity index (χ0n) is 11.6. The highest BCUT2D eigenvalue weighted by atomic mass is 32.1. The van der Waals surface area contributed by atoms with Crippen LogP contribution in [0.4, 0.5) is 0 Å². The second-order valence-electron chi connectivity index (χ2n) is 4.85. The molecule has 1 heterocycles. The first-order chi connectivity index (χ1) is 9.72. The van der Waals surface area contributed by atoms with Crippen LogP contribution >= 0.6 is 11.3 Å². The van der Waals surface area contributed by atoms with E-state index in [1.165, 1.54) is 0 Å². The molecule has 0 saturated carbocycles. The Labute approximate surface area is 123 Å². The lowest BCUT2D eigenvalue weighted by Gasteiger charge is -2.20. The zero-order valence-corrected chi connectivity index (χ0v) is 12.4. The van der Waals surface area contributed by atoms with Crippen LogP contribution in [0.5, 0.6) is 0 Å². The summed E-state index contributed by atoms with van der Waals surface area (Å²) in [6.45, 7) is 2.45. The van der Waals surface area contributed by atoms with Crippen LogP contribution in [0.15, 0.2) is 47.8 Å². The summed E-state index contributed by atoms with van der Waals surface area (Å²) in [5.41, 5.74) is 6.63. The van der Waals surface area contributed by atoms with Crippen LogP contribution < -0.4 is 11.1 Å². The molecule has 0 bridgehead atoms. The van der Waals surface area contributed by atoms with Crippen molar-refractivity contribution in [1.29, 1.82) is 0 Å². The van der Waals surface area contributed by atoms with Gasteiger partial charge in [-0.15, -0.1) is 11.3 Å². The Morgan fingerprint density at radius 1 is 1.25 bits per heavy atom. The summed E-state index contributed by atoms with van der Waals surface area (Å²) < 4.78 is 0. The van der Waals surface area contributed by atoms with E-state index in [4.69, 9.17) is 5.73 Å². The number of carbonyl (C=O) groups excluding carboxylic acids is 1. The zero-order chi connectivity index (χ0) is 14.4. The van der Waals surface area contributed by atoms with Crippen molar-refractivity contribution in [3.63, 3.8) is 0 Å². The fourth-order valence-corrected chi connectivity index (χ4v) is 2.89. The molecule has 2 aromatic rings. The average molecular weight is 288 g/mol. The number of nitrogens with two attached hydrogens (primary N) is 1. The Kier molecular flexibility index (Phi) is 5.32. The summed E-state index contributed by atoms with van der Waals surface area (Å²) in [6, 6.07) is 14.0. The molecule has 0 aliphatic heterocycles. The van der Waals surface area contributed by atoms with E-state index in [1.54, 1.807) is 11.3 Å². The van der Waals surface area contributed by atoms with Gasteiger partial charge in [-0.1, -0.05) is 43.3 Å². The molecule has 0 aliphatic carbocycles. The van der Waals surface area contributed by atoms with E-state index in [0.29, 0.717) is 13.0 Å². The van der Waals surface area contributed by atoms with Crippen molar-refractivity contribution < 1.29 is 4.79 Å². The lowest BCUT2D eigenvalue weighted by Crippen LogP contribution is -2.34. The van der Waals surface area contributed by atoms with Crippen molar-refractivity contribution >= 4 is 17.2 Å². The summed E-state index contributed by atoms with van der Waals surface area (Å²) in [5.74, 6) is -0.0103. The van der Waals surface area contributed by atoms with Crippen molar-refractivity contribution in [2.45, 2.75) is 19.4 Å². The van der Waals surface area contributed by atoms with Gasteiger partial charge in [-0.2, -0.15) is 0 Å². The van der Waals surface area contributed by atoms with Gasteiger partial charge in [-0.25, -0.2) is 0 Å². The molecule has 3 N–H and O–H groups in total. The van der Waals surface area contributed by atoms with Crippen molar-refractivity contribution in [1.82, 2.24) is 5.32 Å². The van der Waals surface area contributed by atoms with Gasteiger partial charge in [0.1, 0.15) is 0 Å². The number of hydrogen-bond acceptors (Lipinski definition) is 3. The maximum absolute atomic E-state index is 12.2. The molecule has 0 radical (unpaired) electrons. The van der Waals surface area contributed by atoms with Gasteiger partial charge in [-0.3, -0.25) is 4.79 Å². The van der Waals surface area contributed by atoms with E-state index < -0.39 is 0 Å². The van der Waals surface area contributed by atoms with Crippen molar-refractivity contribution in [3.8, 4) is 0 Å². The molecule has 1 aromatic heterocycles. The minimum atomic E-state index is -0.0797. The third kappa shape index (κ3) is 3.68. The van der Waals surface area contributed by atoms with Crippen LogP contribution in [0.2, 0.25) is 0 Å². The highest BCUT2D eigenvalue weighted by Crippen LogP contribution is 2.26. The molecule has 0 spiro atoms. The number of hydrogen-bond donors (Lipinski definition) is 2. The van der Waals surface area contributed by atoms with Gasteiger partial charge in [0.25, 0.3) is 0 Å². The second kappa shape index (κ2) is 7.22. The number of carbonyl (C=O) groups is 1. The molecular weight excluding hydrogens is 268 g/mol. The Morgan fingerprint density at radius 2 is 2.00 bits per heavy atom. The van der Waals surface area contributed by atoms with E-state index >= 15 is 0 Å². The number of nitrogens with one attached hydrogen (secondary N) is 1. The van der Waals surface area contributed by atoms with E-state index in [2.05, 4.69) is 11.4 Å². The number of thiophene rings is 1. The lowest BCUT2D eigenvalue weighted by molar-refractivity contribution is -0.125. The van der Waals surface area contributed by atoms with Crippen LogP contribution in [0.25, 0.3) is 0 Å². The Balaban J connectivity index is 2.18. The standard InChI is InChI=1S/C16H20N2OS/c1-12(9-10-17)16(19)18-15(14-8-5-11-20-14)13-6-3-2-4-7-13/h2-8,11-12,15H,9-10,17H2,1H3,(H,18,19). The summed E-state index contributed by atoms with van der Waals surface area (Å²) in [7, 11) is 0. The predicted octanol–water partition coefficient (Wildman–Crippen LogP) is 2.94. The third-order valence-electron chi connectivity index (χ3n) is 3.29. The number of rotatable bonds is 6. The van der Waals surface area contributed by atoms with Gasteiger partial charge >= 0.3 is 0 Å². The average Bonchev–Trinajstić information content (AvgIpc) is 2.99. The molecule has 20 heavy (non-hydrogen) atoms. The molecule has 1 aromatic carbocycles. The molecule has 0 saturated heterocycles. The van der Waals surface area contributed by atoms with Crippen molar-refractivity contribution in [3.05, 3.63) is 58.3 Å².